The van der Waals surface area contributed by atoms with Gasteiger partial charge in [-0.15, -0.1) is 0 Å². The van der Waals surface area contributed by atoms with Crippen LogP contribution in [0.15, 0.2) is 48.8 Å². The van der Waals surface area contributed by atoms with E-state index in [9.17, 15) is 0 Å². The third-order valence-corrected chi connectivity index (χ3v) is 4.54. The van der Waals surface area contributed by atoms with Crippen LogP contribution in [0.2, 0.25) is 0 Å². The number of likely N-dealkylation sites (tertiary alicyclic amines) is 1. The van der Waals surface area contributed by atoms with Crippen LogP contribution in [0.25, 0.3) is 0 Å². The van der Waals surface area contributed by atoms with Gasteiger partial charge in [0.2, 0.25) is 0 Å². The van der Waals surface area contributed by atoms with Crippen molar-refractivity contribution in [1.29, 1.82) is 5.26 Å². The monoisotopic (exact) mass is 307 g/mol. The highest BCUT2D eigenvalue weighted by Crippen LogP contribution is 2.26. The van der Waals surface area contributed by atoms with Crippen LogP contribution in [0.1, 0.15) is 23.1 Å². The zero-order valence-corrected chi connectivity index (χ0v) is 13.4. The predicted octanol–water partition coefficient (Wildman–Crippen LogP) is 2.79. The highest BCUT2D eigenvalue weighted by Gasteiger charge is 2.34. The molecule has 4 heteroatoms. The van der Waals surface area contributed by atoms with E-state index in [0.717, 1.165) is 31.5 Å². The van der Waals surface area contributed by atoms with Gasteiger partial charge in [0, 0.05) is 38.6 Å². The van der Waals surface area contributed by atoms with Crippen LogP contribution in [0.3, 0.4) is 0 Å². The average Bonchev–Trinajstić information content (AvgIpc) is 2.97. The van der Waals surface area contributed by atoms with Gasteiger partial charge in [0.05, 0.1) is 17.7 Å². The van der Waals surface area contributed by atoms with Crippen LogP contribution in [0.5, 0.6) is 0 Å². The minimum atomic E-state index is 0.252. The number of methoxy groups -OCH3 is 1. The molecule has 0 radical (unpaired) electrons. The summed E-state index contributed by atoms with van der Waals surface area (Å²) in [6.07, 6.45) is 5.94. The summed E-state index contributed by atoms with van der Waals surface area (Å²) in [6.45, 7) is 1.87. The smallest absolute Gasteiger partial charge is 0.0991 e. The predicted molar refractivity (Wildman–Crippen MR) is 88.7 cm³/mol. The molecule has 1 fully saturated rings. The highest BCUT2D eigenvalue weighted by molar-refractivity contribution is 5.32. The Morgan fingerprint density at radius 2 is 2.09 bits per heavy atom. The molecule has 1 saturated heterocycles. The van der Waals surface area contributed by atoms with Crippen molar-refractivity contribution in [2.24, 2.45) is 0 Å². The minimum Gasteiger partial charge on any atom is -0.380 e. The van der Waals surface area contributed by atoms with Gasteiger partial charge in [-0.25, -0.2) is 0 Å². The normalized spacial score (nSPS) is 21.2. The van der Waals surface area contributed by atoms with Crippen molar-refractivity contribution in [3.8, 4) is 6.07 Å². The van der Waals surface area contributed by atoms with Crippen LogP contribution in [0.4, 0.5) is 0 Å². The number of hydrogen-bond donors (Lipinski definition) is 0. The van der Waals surface area contributed by atoms with Gasteiger partial charge >= 0.3 is 0 Å². The van der Waals surface area contributed by atoms with E-state index in [-0.39, 0.29) is 6.10 Å². The SMILES string of the molecule is CO[C@@H]1CCN(Cc2cccc(C#N)c2)[C@@H]1Cc1ccncc1. The second-order valence-electron chi connectivity index (χ2n) is 5.97. The van der Waals surface area contributed by atoms with E-state index < -0.39 is 0 Å². The maximum Gasteiger partial charge on any atom is 0.0991 e. The quantitative estimate of drug-likeness (QED) is 0.852. The summed E-state index contributed by atoms with van der Waals surface area (Å²) in [5, 5.41) is 9.06. The molecular formula is C19H21N3O. The van der Waals surface area contributed by atoms with E-state index in [4.69, 9.17) is 10.00 Å². The molecule has 0 aliphatic carbocycles. The summed E-state index contributed by atoms with van der Waals surface area (Å²) in [5.41, 5.74) is 3.18. The number of ether oxygens (including phenoxy) is 1. The minimum absolute atomic E-state index is 0.252. The molecule has 0 spiro atoms. The van der Waals surface area contributed by atoms with Crippen molar-refractivity contribution in [3.05, 3.63) is 65.5 Å². The van der Waals surface area contributed by atoms with Crippen LogP contribution >= 0.6 is 0 Å². The zero-order valence-electron chi connectivity index (χ0n) is 13.4. The van der Waals surface area contributed by atoms with Crippen molar-refractivity contribution in [1.82, 2.24) is 9.88 Å². The first-order valence-electron chi connectivity index (χ1n) is 7.95. The van der Waals surface area contributed by atoms with Gasteiger partial charge < -0.3 is 4.74 Å². The van der Waals surface area contributed by atoms with Gasteiger partial charge in [0.15, 0.2) is 0 Å². The third-order valence-electron chi connectivity index (χ3n) is 4.54. The van der Waals surface area contributed by atoms with Crippen LogP contribution in [-0.2, 0) is 17.7 Å². The molecule has 2 atom stereocenters. The molecule has 1 aliphatic rings. The highest BCUT2D eigenvalue weighted by atomic mass is 16.5. The number of rotatable bonds is 5. The maximum atomic E-state index is 9.06. The number of hydrogen-bond acceptors (Lipinski definition) is 4. The van der Waals surface area contributed by atoms with Gasteiger partial charge in [-0.2, -0.15) is 5.26 Å². The first-order chi connectivity index (χ1) is 11.3. The maximum absolute atomic E-state index is 9.06. The second-order valence-corrected chi connectivity index (χ2v) is 5.97. The lowest BCUT2D eigenvalue weighted by molar-refractivity contribution is 0.0638. The van der Waals surface area contributed by atoms with E-state index in [0.29, 0.717) is 6.04 Å². The summed E-state index contributed by atoms with van der Waals surface area (Å²) in [5.74, 6) is 0. The lowest BCUT2D eigenvalue weighted by Crippen LogP contribution is -2.37. The topological polar surface area (TPSA) is 49.1 Å². The molecule has 0 amide bonds. The Morgan fingerprint density at radius 3 is 2.83 bits per heavy atom. The van der Waals surface area contributed by atoms with Crippen molar-refractivity contribution in [2.45, 2.75) is 31.5 Å². The number of pyridine rings is 1. The molecule has 1 aliphatic heterocycles. The molecule has 23 heavy (non-hydrogen) atoms. The van der Waals surface area contributed by atoms with E-state index in [1.807, 2.05) is 30.6 Å². The third kappa shape index (κ3) is 3.76. The Bertz CT molecular complexity index is 681. The lowest BCUT2D eigenvalue weighted by Gasteiger charge is -2.27. The molecular weight excluding hydrogens is 286 g/mol. The molecule has 4 nitrogen and oxygen atoms in total. The standard InChI is InChI=1S/C19H21N3O/c1-23-19-7-10-22(14-17-4-2-3-16(11-17)13-20)18(19)12-15-5-8-21-9-6-15/h2-6,8-9,11,18-19H,7,10,12,14H2,1H3/t18-,19-/m1/s1. The lowest BCUT2D eigenvalue weighted by atomic mass is 10.0. The fourth-order valence-electron chi connectivity index (χ4n) is 3.35. The second kappa shape index (κ2) is 7.36. The number of nitrogens with zero attached hydrogens (tertiary/aromatic N) is 3. The largest absolute Gasteiger partial charge is 0.380 e. The van der Waals surface area contributed by atoms with E-state index in [1.165, 1.54) is 11.1 Å². The summed E-state index contributed by atoms with van der Waals surface area (Å²) < 4.78 is 5.70. The van der Waals surface area contributed by atoms with Crippen LogP contribution in [0, 0.1) is 11.3 Å². The summed E-state index contributed by atoms with van der Waals surface area (Å²) in [6, 6.07) is 14.6. The number of nitriles is 1. The number of benzene rings is 1. The first kappa shape index (κ1) is 15.7. The Hall–Kier alpha value is -2.22. The van der Waals surface area contributed by atoms with Crippen molar-refractivity contribution >= 4 is 0 Å². The van der Waals surface area contributed by atoms with Crippen molar-refractivity contribution in [2.75, 3.05) is 13.7 Å². The molecule has 118 valence electrons. The van der Waals surface area contributed by atoms with Crippen molar-refractivity contribution in [3.63, 3.8) is 0 Å². The number of aromatic nitrogens is 1. The Morgan fingerprint density at radius 1 is 1.26 bits per heavy atom. The Kier molecular flexibility index (Phi) is 5.02. The summed E-state index contributed by atoms with van der Waals surface area (Å²) >= 11 is 0. The molecule has 0 N–H and O–H groups in total. The fourth-order valence-corrected chi connectivity index (χ4v) is 3.35. The average molecular weight is 307 g/mol. The molecule has 3 rings (SSSR count). The van der Waals surface area contributed by atoms with Gasteiger partial charge in [0.25, 0.3) is 0 Å². The van der Waals surface area contributed by atoms with E-state index in [2.05, 4.69) is 34.2 Å². The van der Waals surface area contributed by atoms with Gasteiger partial charge in [-0.05, 0) is 48.2 Å². The zero-order chi connectivity index (χ0) is 16.1. The van der Waals surface area contributed by atoms with Crippen LogP contribution in [-0.4, -0.2) is 35.7 Å². The van der Waals surface area contributed by atoms with Gasteiger partial charge in [0.1, 0.15) is 0 Å². The molecule has 0 bridgehead atoms. The summed E-state index contributed by atoms with van der Waals surface area (Å²) in [7, 11) is 1.80. The molecule has 2 aromatic rings. The summed E-state index contributed by atoms with van der Waals surface area (Å²) in [4.78, 5) is 6.55. The van der Waals surface area contributed by atoms with Gasteiger partial charge in [-0.1, -0.05) is 12.1 Å². The van der Waals surface area contributed by atoms with Crippen LogP contribution < -0.4 is 0 Å². The van der Waals surface area contributed by atoms with E-state index in [1.54, 1.807) is 7.11 Å². The molecule has 1 aromatic carbocycles. The molecule has 1 aromatic heterocycles. The Balaban J connectivity index is 1.75. The van der Waals surface area contributed by atoms with Gasteiger partial charge in [-0.3, -0.25) is 9.88 Å². The first-order valence-corrected chi connectivity index (χ1v) is 7.95. The van der Waals surface area contributed by atoms with Crippen molar-refractivity contribution < 1.29 is 4.74 Å². The van der Waals surface area contributed by atoms with E-state index >= 15 is 0 Å². The Labute approximate surface area is 137 Å². The molecule has 0 unspecified atom stereocenters. The molecule has 2 heterocycles. The fraction of sp³-hybridized carbons (Fsp3) is 0.368. The molecule has 0 saturated carbocycles.